The fraction of sp³-hybridized carbons (Fsp3) is 0.556. The highest BCUT2D eigenvalue weighted by molar-refractivity contribution is 5.73. The lowest BCUT2D eigenvalue weighted by atomic mass is 10.2. The summed E-state index contributed by atoms with van der Waals surface area (Å²) in [6.45, 7) is 3.62. The average Bonchev–Trinajstić information content (AvgIpc) is 2.74. The smallest absolute Gasteiger partial charge is 0.282 e. The van der Waals surface area contributed by atoms with Crippen molar-refractivity contribution < 1.29 is 4.74 Å². The molecule has 1 unspecified atom stereocenters. The van der Waals surface area contributed by atoms with Gasteiger partial charge in [-0.05, 0) is 6.42 Å². The van der Waals surface area contributed by atoms with E-state index >= 15 is 0 Å². The van der Waals surface area contributed by atoms with Gasteiger partial charge in [0.2, 0.25) is 0 Å². The van der Waals surface area contributed by atoms with Crippen LogP contribution in [0.15, 0.2) is 17.5 Å². The third-order valence-electron chi connectivity index (χ3n) is 2.22. The maximum absolute atomic E-state index is 5.45. The first kappa shape index (κ1) is 9.05. The molecule has 5 heteroatoms. The minimum atomic E-state index is 0.0176. The summed E-state index contributed by atoms with van der Waals surface area (Å²) in [5, 5.41) is 0. The first-order valence-corrected chi connectivity index (χ1v) is 4.77. The van der Waals surface area contributed by atoms with E-state index in [1.165, 1.54) is 0 Å². The summed E-state index contributed by atoms with van der Waals surface area (Å²) in [4.78, 5) is 8.29. The molecule has 0 radical (unpaired) electrons. The topological polar surface area (TPSA) is 65.4 Å². The molecule has 0 saturated heterocycles. The predicted octanol–water partition coefficient (Wildman–Crippen LogP) is 0.679. The fourth-order valence-corrected chi connectivity index (χ4v) is 1.58. The van der Waals surface area contributed by atoms with Crippen LogP contribution in [0.2, 0.25) is 0 Å². The van der Waals surface area contributed by atoms with Crippen molar-refractivity contribution in [3.05, 3.63) is 18.2 Å². The van der Waals surface area contributed by atoms with Gasteiger partial charge in [0.1, 0.15) is 12.6 Å². The normalized spacial score (nSPS) is 20.6. The number of amidine groups is 1. The molecule has 0 fully saturated rings. The van der Waals surface area contributed by atoms with Crippen molar-refractivity contribution in [2.75, 3.05) is 6.61 Å². The second-order valence-electron chi connectivity index (χ2n) is 3.31. The minimum Gasteiger partial charge on any atom is -0.463 e. The molecule has 0 aliphatic carbocycles. The van der Waals surface area contributed by atoms with Crippen molar-refractivity contribution in [2.24, 2.45) is 10.7 Å². The van der Waals surface area contributed by atoms with Crippen molar-refractivity contribution in [1.82, 2.24) is 9.55 Å². The summed E-state index contributed by atoms with van der Waals surface area (Å²) in [5.74, 6) is 0. The third-order valence-corrected chi connectivity index (χ3v) is 2.22. The zero-order valence-electron chi connectivity index (χ0n) is 8.18. The molecule has 0 amide bonds. The van der Waals surface area contributed by atoms with Gasteiger partial charge in [-0.25, -0.2) is 9.98 Å². The first-order valence-electron chi connectivity index (χ1n) is 4.77. The van der Waals surface area contributed by atoms with Crippen molar-refractivity contribution in [1.29, 1.82) is 0 Å². The second-order valence-corrected chi connectivity index (χ2v) is 3.31. The van der Waals surface area contributed by atoms with E-state index in [1.807, 2.05) is 12.5 Å². The Morgan fingerprint density at radius 1 is 1.71 bits per heavy atom. The second kappa shape index (κ2) is 3.69. The van der Waals surface area contributed by atoms with Gasteiger partial charge in [0, 0.05) is 6.54 Å². The minimum absolute atomic E-state index is 0.0176. The van der Waals surface area contributed by atoms with Crippen LogP contribution in [-0.2, 0) is 11.3 Å². The monoisotopic (exact) mass is 194 g/mol. The highest BCUT2D eigenvalue weighted by Gasteiger charge is 2.21. The van der Waals surface area contributed by atoms with Crippen molar-refractivity contribution >= 4 is 6.02 Å². The van der Waals surface area contributed by atoms with Crippen molar-refractivity contribution in [2.45, 2.75) is 25.9 Å². The molecule has 1 aliphatic heterocycles. The van der Waals surface area contributed by atoms with Gasteiger partial charge in [0.25, 0.3) is 6.02 Å². The highest BCUT2D eigenvalue weighted by Crippen LogP contribution is 2.21. The van der Waals surface area contributed by atoms with Crippen molar-refractivity contribution in [3.63, 3.8) is 0 Å². The zero-order chi connectivity index (χ0) is 9.97. The Labute approximate surface area is 82.6 Å². The third kappa shape index (κ3) is 1.57. The van der Waals surface area contributed by atoms with E-state index in [-0.39, 0.29) is 12.1 Å². The van der Waals surface area contributed by atoms with Crippen LogP contribution >= 0.6 is 0 Å². The maximum Gasteiger partial charge on any atom is 0.282 e. The van der Waals surface area contributed by atoms with Crippen LogP contribution in [0.5, 0.6) is 0 Å². The number of ether oxygens (including phenoxy) is 1. The molecule has 0 aromatic carbocycles. The van der Waals surface area contributed by atoms with Gasteiger partial charge in [-0.15, -0.1) is 0 Å². The summed E-state index contributed by atoms with van der Waals surface area (Å²) in [6, 6.07) is 0.295. The molecule has 0 saturated carbocycles. The van der Waals surface area contributed by atoms with Crippen LogP contribution in [-0.4, -0.2) is 22.2 Å². The van der Waals surface area contributed by atoms with Gasteiger partial charge < -0.3 is 15.0 Å². The lowest BCUT2D eigenvalue weighted by Crippen LogP contribution is -2.10. The maximum atomic E-state index is 5.45. The molecule has 14 heavy (non-hydrogen) atoms. The quantitative estimate of drug-likeness (QED) is 0.769. The number of aromatic nitrogens is 2. The van der Waals surface area contributed by atoms with Crippen LogP contribution in [0, 0.1) is 0 Å². The Bertz CT molecular complexity index is 344. The molecule has 76 valence electrons. The SMILES string of the molecule is CCCn1cncc1C1COC(N)=N1. The van der Waals surface area contributed by atoms with Crippen LogP contribution in [0.25, 0.3) is 0 Å². The van der Waals surface area contributed by atoms with Gasteiger partial charge in [0.15, 0.2) is 0 Å². The predicted molar refractivity (Wildman–Crippen MR) is 52.8 cm³/mol. The molecule has 1 aromatic heterocycles. The number of nitrogens with two attached hydrogens (primary N) is 1. The number of imidazole rings is 1. The van der Waals surface area contributed by atoms with Crippen molar-refractivity contribution in [3.8, 4) is 0 Å². The Kier molecular flexibility index (Phi) is 2.39. The largest absolute Gasteiger partial charge is 0.463 e. The molecule has 1 aromatic rings. The van der Waals surface area contributed by atoms with E-state index < -0.39 is 0 Å². The van der Waals surface area contributed by atoms with E-state index in [4.69, 9.17) is 10.5 Å². The van der Waals surface area contributed by atoms with E-state index in [2.05, 4.69) is 21.5 Å². The fourth-order valence-electron chi connectivity index (χ4n) is 1.58. The molecular weight excluding hydrogens is 180 g/mol. The van der Waals surface area contributed by atoms with Gasteiger partial charge in [-0.1, -0.05) is 6.92 Å². The van der Waals surface area contributed by atoms with Crippen LogP contribution < -0.4 is 5.73 Å². The van der Waals surface area contributed by atoms with E-state index in [0.717, 1.165) is 18.7 Å². The zero-order valence-corrected chi connectivity index (χ0v) is 8.18. The lowest BCUT2D eigenvalue weighted by molar-refractivity contribution is 0.310. The number of aryl methyl sites for hydroxylation is 1. The summed E-state index contributed by atoms with van der Waals surface area (Å²) < 4.78 is 7.20. The Morgan fingerprint density at radius 3 is 3.21 bits per heavy atom. The van der Waals surface area contributed by atoms with Crippen LogP contribution in [0.1, 0.15) is 25.1 Å². The molecule has 0 bridgehead atoms. The number of nitrogens with zero attached hydrogens (tertiary/aromatic N) is 3. The van der Waals surface area contributed by atoms with Gasteiger partial charge in [0.05, 0.1) is 18.2 Å². The van der Waals surface area contributed by atoms with E-state index in [0.29, 0.717) is 6.61 Å². The molecular formula is C9H14N4O. The van der Waals surface area contributed by atoms with E-state index in [1.54, 1.807) is 0 Å². The molecule has 0 spiro atoms. The number of aliphatic imine (C=N–C) groups is 1. The summed E-state index contributed by atoms with van der Waals surface area (Å²) in [5.41, 5.74) is 6.53. The first-order chi connectivity index (χ1) is 6.81. The standard InChI is InChI=1S/C9H14N4O/c1-2-3-13-6-11-4-8(13)7-5-14-9(10)12-7/h4,6-7H,2-3,5H2,1H3,(H2,10,12). The van der Waals surface area contributed by atoms with E-state index in [9.17, 15) is 0 Å². The average molecular weight is 194 g/mol. The highest BCUT2D eigenvalue weighted by atomic mass is 16.5. The number of rotatable bonds is 3. The van der Waals surface area contributed by atoms with Crippen LogP contribution in [0.4, 0.5) is 0 Å². The summed E-state index contributed by atoms with van der Waals surface area (Å²) in [7, 11) is 0. The summed E-state index contributed by atoms with van der Waals surface area (Å²) >= 11 is 0. The molecule has 1 aliphatic rings. The lowest BCUT2D eigenvalue weighted by Gasteiger charge is -2.08. The molecule has 2 rings (SSSR count). The van der Waals surface area contributed by atoms with Gasteiger partial charge >= 0.3 is 0 Å². The Balaban J connectivity index is 2.19. The Hall–Kier alpha value is -1.52. The van der Waals surface area contributed by atoms with Crippen LogP contribution in [0.3, 0.4) is 0 Å². The number of hydrogen-bond acceptors (Lipinski definition) is 4. The summed E-state index contributed by atoms with van der Waals surface area (Å²) in [6.07, 6.45) is 4.73. The number of hydrogen-bond donors (Lipinski definition) is 1. The van der Waals surface area contributed by atoms with Gasteiger partial charge in [-0.2, -0.15) is 0 Å². The molecule has 5 nitrogen and oxygen atoms in total. The van der Waals surface area contributed by atoms with Gasteiger partial charge in [-0.3, -0.25) is 0 Å². The molecule has 1 atom stereocenters. The molecule has 2 heterocycles. The Morgan fingerprint density at radius 2 is 2.57 bits per heavy atom. The molecule has 2 N–H and O–H groups in total.